The molecule has 2 aromatic carbocycles. The zero-order valence-corrected chi connectivity index (χ0v) is 17.4. The molecule has 0 heterocycles. The van der Waals surface area contributed by atoms with Crippen LogP contribution in [0.25, 0.3) is 11.1 Å². The van der Waals surface area contributed by atoms with Gasteiger partial charge in [-0.25, -0.2) is 9.59 Å². The first kappa shape index (κ1) is 20.6. The Kier molecular flexibility index (Phi) is 5.47. The third-order valence-corrected chi connectivity index (χ3v) is 5.63. The maximum atomic E-state index is 12.0. The first-order valence-electron chi connectivity index (χ1n) is 9.78. The highest BCUT2D eigenvalue weighted by atomic mass is 16.5. The van der Waals surface area contributed by atoms with Crippen molar-refractivity contribution in [2.45, 2.75) is 46.0 Å². The van der Waals surface area contributed by atoms with E-state index >= 15 is 0 Å². The Morgan fingerprint density at radius 2 is 1.17 bits per heavy atom. The molecule has 3 rings (SSSR count). The van der Waals surface area contributed by atoms with Gasteiger partial charge < -0.3 is 9.47 Å². The van der Waals surface area contributed by atoms with Gasteiger partial charge in [-0.3, -0.25) is 0 Å². The molecule has 2 aromatic rings. The molecular weight excluding hydrogens is 364 g/mol. The zero-order chi connectivity index (χ0) is 21.3. The van der Waals surface area contributed by atoms with Crippen molar-refractivity contribution in [3.8, 4) is 22.6 Å². The smallest absolute Gasteiger partial charge is 0.338 e. The van der Waals surface area contributed by atoms with E-state index in [1.807, 2.05) is 24.3 Å². The van der Waals surface area contributed by atoms with Gasteiger partial charge in [0.05, 0.1) is 0 Å². The second-order valence-corrected chi connectivity index (χ2v) is 7.54. The Morgan fingerprint density at radius 1 is 0.793 bits per heavy atom. The third kappa shape index (κ3) is 3.51. The molecular formula is C25H26O4. The number of ether oxygens (including phenoxy) is 2. The van der Waals surface area contributed by atoms with Gasteiger partial charge in [0, 0.05) is 16.6 Å². The van der Waals surface area contributed by atoms with Gasteiger partial charge in [-0.15, -0.1) is 0 Å². The SMILES string of the molecule is C=C(C)C(=O)Oc1ccc2c(c1)C(CC)(CC)c1cc(OC(=O)C(=C)C)ccc1-2. The van der Waals surface area contributed by atoms with E-state index in [4.69, 9.17) is 9.47 Å². The molecule has 0 radical (unpaired) electrons. The van der Waals surface area contributed by atoms with Crippen LogP contribution in [0.4, 0.5) is 0 Å². The van der Waals surface area contributed by atoms with Gasteiger partial charge in [-0.1, -0.05) is 39.1 Å². The van der Waals surface area contributed by atoms with Gasteiger partial charge in [0.2, 0.25) is 0 Å². The van der Waals surface area contributed by atoms with E-state index in [-0.39, 0.29) is 5.41 Å². The molecule has 0 bridgehead atoms. The lowest BCUT2D eigenvalue weighted by Crippen LogP contribution is -2.23. The van der Waals surface area contributed by atoms with E-state index in [9.17, 15) is 9.59 Å². The summed E-state index contributed by atoms with van der Waals surface area (Å²) >= 11 is 0. The Morgan fingerprint density at radius 3 is 1.48 bits per heavy atom. The molecule has 0 amide bonds. The fourth-order valence-electron chi connectivity index (χ4n) is 3.98. The predicted molar refractivity (Wildman–Crippen MR) is 114 cm³/mol. The van der Waals surface area contributed by atoms with Crippen LogP contribution in [0.3, 0.4) is 0 Å². The standard InChI is InChI=1S/C25H26O4/c1-7-25(8-2)21-13-17(28-23(26)15(3)4)9-11-19(21)20-12-10-18(14-22(20)25)29-24(27)16(5)6/h9-14H,3,5,7-8H2,1-2,4,6H3. The number of hydrogen-bond donors (Lipinski definition) is 0. The van der Waals surface area contributed by atoms with Crippen molar-refractivity contribution in [2.75, 3.05) is 0 Å². The van der Waals surface area contributed by atoms with Gasteiger partial charge in [-0.05, 0) is 73.2 Å². The van der Waals surface area contributed by atoms with Gasteiger partial charge in [0.25, 0.3) is 0 Å². The molecule has 0 saturated carbocycles. The molecule has 0 atom stereocenters. The number of carbonyl (C=O) groups is 2. The van der Waals surface area contributed by atoms with Crippen molar-refractivity contribution in [3.05, 3.63) is 71.8 Å². The largest absolute Gasteiger partial charge is 0.423 e. The average molecular weight is 390 g/mol. The summed E-state index contributed by atoms with van der Waals surface area (Å²) in [6, 6.07) is 11.5. The highest BCUT2D eigenvalue weighted by Gasteiger charge is 2.41. The zero-order valence-electron chi connectivity index (χ0n) is 17.4. The normalized spacial score (nSPS) is 13.2. The molecule has 29 heavy (non-hydrogen) atoms. The Hall–Kier alpha value is -3.14. The number of benzene rings is 2. The van der Waals surface area contributed by atoms with Crippen molar-refractivity contribution in [2.24, 2.45) is 0 Å². The maximum absolute atomic E-state index is 12.0. The van der Waals surface area contributed by atoms with Crippen LogP contribution in [0, 0.1) is 0 Å². The number of hydrogen-bond acceptors (Lipinski definition) is 4. The lowest BCUT2D eigenvalue weighted by Gasteiger charge is -2.30. The Bertz CT molecular complexity index is 946. The second-order valence-electron chi connectivity index (χ2n) is 7.54. The summed E-state index contributed by atoms with van der Waals surface area (Å²) in [4.78, 5) is 23.9. The van der Waals surface area contributed by atoms with Crippen LogP contribution < -0.4 is 9.47 Å². The Labute approximate surface area is 171 Å². The van der Waals surface area contributed by atoms with Gasteiger partial charge in [-0.2, -0.15) is 0 Å². The molecule has 4 heteroatoms. The van der Waals surface area contributed by atoms with E-state index in [0.717, 1.165) is 35.1 Å². The Balaban J connectivity index is 2.09. The third-order valence-electron chi connectivity index (χ3n) is 5.63. The number of carbonyl (C=O) groups excluding carboxylic acids is 2. The van der Waals surface area contributed by atoms with Gasteiger partial charge in [0.1, 0.15) is 11.5 Å². The van der Waals surface area contributed by atoms with Crippen molar-refractivity contribution >= 4 is 11.9 Å². The first-order valence-corrected chi connectivity index (χ1v) is 9.78. The summed E-state index contributed by atoms with van der Waals surface area (Å²) in [6.07, 6.45) is 1.72. The van der Waals surface area contributed by atoms with Crippen LogP contribution >= 0.6 is 0 Å². The summed E-state index contributed by atoms with van der Waals surface area (Å²) in [6.45, 7) is 14.8. The van der Waals surface area contributed by atoms with E-state index in [1.165, 1.54) is 0 Å². The van der Waals surface area contributed by atoms with Crippen LogP contribution in [-0.2, 0) is 15.0 Å². The van der Waals surface area contributed by atoms with Crippen molar-refractivity contribution in [1.82, 2.24) is 0 Å². The van der Waals surface area contributed by atoms with Gasteiger partial charge in [0.15, 0.2) is 0 Å². The van der Waals surface area contributed by atoms with E-state index in [0.29, 0.717) is 22.6 Å². The van der Waals surface area contributed by atoms with E-state index in [1.54, 1.807) is 26.0 Å². The summed E-state index contributed by atoms with van der Waals surface area (Å²) in [5.74, 6) is 0.135. The first-order chi connectivity index (χ1) is 13.7. The van der Waals surface area contributed by atoms with Crippen LogP contribution in [0.5, 0.6) is 11.5 Å². The summed E-state index contributed by atoms with van der Waals surface area (Å²) in [5, 5.41) is 0. The fraction of sp³-hybridized carbons (Fsp3) is 0.280. The van der Waals surface area contributed by atoms with Crippen LogP contribution in [0.2, 0.25) is 0 Å². The molecule has 1 aliphatic carbocycles. The molecule has 0 spiro atoms. The highest BCUT2D eigenvalue weighted by molar-refractivity contribution is 5.90. The lowest BCUT2D eigenvalue weighted by molar-refractivity contribution is -0.130. The summed E-state index contributed by atoms with van der Waals surface area (Å²) in [5.41, 5.74) is 4.92. The molecule has 0 N–H and O–H groups in total. The fourth-order valence-corrected chi connectivity index (χ4v) is 3.98. The monoisotopic (exact) mass is 390 g/mol. The summed E-state index contributed by atoms with van der Waals surface area (Å²) < 4.78 is 10.9. The molecule has 0 fully saturated rings. The van der Waals surface area contributed by atoms with Crippen LogP contribution in [0.15, 0.2) is 60.7 Å². The molecule has 4 nitrogen and oxygen atoms in total. The molecule has 0 unspecified atom stereocenters. The second kappa shape index (κ2) is 7.70. The average Bonchev–Trinajstić information content (AvgIpc) is 2.96. The molecule has 0 aromatic heterocycles. The predicted octanol–water partition coefficient (Wildman–Crippen LogP) is 5.74. The minimum absolute atomic E-state index is 0.248. The van der Waals surface area contributed by atoms with Crippen molar-refractivity contribution < 1.29 is 19.1 Å². The maximum Gasteiger partial charge on any atom is 0.338 e. The lowest BCUT2D eigenvalue weighted by atomic mass is 9.74. The highest BCUT2D eigenvalue weighted by Crippen LogP contribution is 2.54. The van der Waals surface area contributed by atoms with Crippen LogP contribution in [-0.4, -0.2) is 11.9 Å². The number of fused-ring (bicyclic) bond motifs is 3. The van der Waals surface area contributed by atoms with Gasteiger partial charge >= 0.3 is 11.9 Å². The number of esters is 2. The van der Waals surface area contributed by atoms with Crippen molar-refractivity contribution in [1.29, 1.82) is 0 Å². The quantitative estimate of drug-likeness (QED) is 0.359. The topological polar surface area (TPSA) is 52.6 Å². The van der Waals surface area contributed by atoms with E-state index < -0.39 is 11.9 Å². The van der Waals surface area contributed by atoms with Crippen LogP contribution in [0.1, 0.15) is 51.7 Å². The molecule has 150 valence electrons. The van der Waals surface area contributed by atoms with E-state index in [2.05, 4.69) is 27.0 Å². The molecule has 1 aliphatic rings. The molecule has 0 saturated heterocycles. The summed E-state index contributed by atoms with van der Waals surface area (Å²) in [7, 11) is 0. The molecule has 0 aliphatic heterocycles. The minimum atomic E-state index is -0.437. The van der Waals surface area contributed by atoms with Crippen molar-refractivity contribution in [3.63, 3.8) is 0 Å². The number of rotatable bonds is 6. The minimum Gasteiger partial charge on any atom is -0.423 e.